The molecule has 0 fully saturated rings. The number of amides is 2. The lowest BCUT2D eigenvalue weighted by atomic mass is 10.2. The molecule has 1 aromatic carbocycles. The van der Waals surface area contributed by atoms with Crippen molar-refractivity contribution in [3.63, 3.8) is 0 Å². The molecular formula is C15H21ClN2O2. The Bertz CT molecular complexity index is 475. The molecule has 0 radical (unpaired) electrons. The summed E-state index contributed by atoms with van der Waals surface area (Å²) < 4.78 is 0. The van der Waals surface area contributed by atoms with Gasteiger partial charge in [-0.05, 0) is 31.0 Å². The Balaban J connectivity index is 2.39. The highest BCUT2D eigenvalue weighted by molar-refractivity contribution is 6.31. The largest absolute Gasteiger partial charge is 0.356 e. The van der Waals surface area contributed by atoms with Gasteiger partial charge in [0.1, 0.15) is 6.42 Å². The van der Waals surface area contributed by atoms with Crippen molar-refractivity contribution in [2.45, 2.75) is 39.5 Å². The maximum atomic E-state index is 11.8. The lowest BCUT2D eigenvalue weighted by Crippen LogP contribution is -2.29. The van der Waals surface area contributed by atoms with E-state index >= 15 is 0 Å². The van der Waals surface area contributed by atoms with E-state index < -0.39 is 0 Å². The first-order valence-electron chi connectivity index (χ1n) is 6.86. The van der Waals surface area contributed by atoms with E-state index in [0.717, 1.165) is 24.8 Å². The summed E-state index contributed by atoms with van der Waals surface area (Å²) in [5.41, 5.74) is 1.44. The molecule has 1 rings (SSSR count). The van der Waals surface area contributed by atoms with E-state index in [1.54, 1.807) is 18.2 Å². The quantitative estimate of drug-likeness (QED) is 0.599. The first-order valence-corrected chi connectivity index (χ1v) is 7.24. The number of unbranched alkanes of at least 4 members (excludes halogenated alkanes) is 2. The van der Waals surface area contributed by atoms with Crippen LogP contribution in [0.15, 0.2) is 18.2 Å². The van der Waals surface area contributed by atoms with E-state index in [4.69, 9.17) is 11.6 Å². The molecule has 20 heavy (non-hydrogen) atoms. The maximum Gasteiger partial charge on any atom is 0.233 e. The molecule has 0 heterocycles. The summed E-state index contributed by atoms with van der Waals surface area (Å²) in [6, 6.07) is 5.28. The molecule has 2 N–H and O–H groups in total. The average Bonchev–Trinajstić information content (AvgIpc) is 2.40. The van der Waals surface area contributed by atoms with E-state index in [1.807, 2.05) is 6.92 Å². The van der Waals surface area contributed by atoms with Crippen molar-refractivity contribution in [3.05, 3.63) is 28.8 Å². The highest BCUT2D eigenvalue weighted by Crippen LogP contribution is 2.22. The Hall–Kier alpha value is -1.55. The molecule has 2 amide bonds. The second-order valence-corrected chi connectivity index (χ2v) is 5.10. The van der Waals surface area contributed by atoms with Crippen LogP contribution in [0.25, 0.3) is 0 Å². The molecule has 0 aliphatic carbocycles. The van der Waals surface area contributed by atoms with Crippen molar-refractivity contribution in [2.75, 3.05) is 11.9 Å². The van der Waals surface area contributed by atoms with Gasteiger partial charge in [-0.3, -0.25) is 9.59 Å². The van der Waals surface area contributed by atoms with E-state index in [9.17, 15) is 9.59 Å². The van der Waals surface area contributed by atoms with Crippen LogP contribution in [-0.2, 0) is 9.59 Å². The summed E-state index contributed by atoms with van der Waals surface area (Å²) in [6.07, 6.45) is 2.95. The molecular weight excluding hydrogens is 276 g/mol. The van der Waals surface area contributed by atoms with Gasteiger partial charge < -0.3 is 10.6 Å². The van der Waals surface area contributed by atoms with E-state index in [0.29, 0.717) is 17.3 Å². The Morgan fingerprint density at radius 1 is 1.20 bits per heavy atom. The highest BCUT2D eigenvalue weighted by Gasteiger charge is 2.11. The van der Waals surface area contributed by atoms with Crippen LogP contribution in [0.5, 0.6) is 0 Å². The maximum absolute atomic E-state index is 11.8. The first kappa shape index (κ1) is 16.5. The third kappa shape index (κ3) is 5.61. The fourth-order valence-corrected chi connectivity index (χ4v) is 1.92. The minimum absolute atomic E-state index is 0.169. The first-order chi connectivity index (χ1) is 9.54. The molecule has 5 heteroatoms. The number of benzene rings is 1. The van der Waals surface area contributed by atoms with E-state index in [2.05, 4.69) is 17.6 Å². The lowest BCUT2D eigenvalue weighted by Gasteiger charge is -2.09. The van der Waals surface area contributed by atoms with Crippen LogP contribution < -0.4 is 10.6 Å². The van der Waals surface area contributed by atoms with Gasteiger partial charge in [-0.25, -0.2) is 0 Å². The van der Waals surface area contributed by atoms with Gasteiger partial charge in [0.25, 0.3) is 0 Å². The van der Waals surface area contributed by atoms with Gasteiger partial charge in [0.2, 0.25) is 11.8 Å². The van der Waals surface area contributed by atoms with Gasteiger partial charge in [0, 0.05) is 17.3 Å². The van der Waals surface area contributed by atoms with Crippen LogP contribution in [0.4, 0.5) is 5.69 Å². The zero-order valence-corrected chi connectivity index (χ0v) is 12.7. The number of hydrogen-bond donors (Lipinski definition) is 2. The van der Waals surface area contributed by atoms with Gasteiger partial charge in [-0.1, -0.05) is 37.4 Å². The van der Waals surface area contributed by atoms with Crippen molar-refractivity contribution in [2.24, 2.45) is 0 Å². The fraction of sp³-hybridized carbons (Fsp3) is 0.467. The van der Waals surface area contributed by atoms with E-state index in [-0.39, 0.29) is 18.2 Å². The number of anilines is 1. The molecule has 4 nitrogen and oxygen atoms in total. The third-order valence-corrected chi connectivity index (χ3v) is 3.37. The van der Waals surface area contributed by atoms with Crippen LogP contribution >= 0.6 is 11.6 Å². The zero-order chi connectivity index (χ0) is 15.0. The predicted molar refractivity (Wildman–Crippen MR) is 82.0 cm³/mol. The van der Waals surface area contributed by atoms with Crippen LogP contribution in [0.3, 0.4) is 0 Å². The van der Waals surface area contributed by atoms with Crippen LogP contribution in [0, 0.1) is 6.92 Å². The smallest absolute Gasteiger partial charge is 0.233 e. The molecule has 110 valence electrons. The van der Waals surface area contributed by atoms with Crippen molar-refractivity contribution in [3.8, 4) is 0 Å². The van der Waals surface area contributed by atoms with E-state index in [1.165, 1.54) is 0 Å². The van der Waals surface area contributed by atoms with Crippen LogP contribution in [0.2, 0.25) is 5.02 Å². The molecule has 0 bridgehead atoms. The minimum Gasteiger partial charge on any atom is -0.356 e. The SMILES string of the molecule is CCCCCNC(=O)CC(=O)Nc1cccc(Cl)c1C. The fourth-order valence-electron chi connectivity index (χ4n) is 1.75. The molecule has 0 atom stereocenters. The lowest BCUT2D eigenvalue weighted by molar-refractivity contribution is -0.126. The molecule has 0 spiro atoms. The number of nitrogens with one attached hydrogen (secondary N) is 2. The highest BCUT2D eigenvalue weighted by atomic mass is 35.5. The van der Waals surface area contributed by atoms with Gasteiger partial charge in [-0.2, -0.15) is 0 Å². The molecule has 1 aromatic rings. The zero-order valence-electron chi connectivity index (χ0n) is 12.0. The minimum atomic E-state index is -0.330. The summed E-state index contributed by atoms with van der Waals surface area (Å²) >= 11 is 5.97. The van der Waals surface area contributed by atoms with Gasteiger partial charge >= 0.3 is 0 Å². The van der Waals surface area contributed by atoms with Crippen molar-refractivity contribution >= 4 is 29.1 Å². The van der Waals surface area contributed by atoms with Gasteiger partial charge in [-0.15, -0.1) is 0 Å². The van der Waals surface area contributed by atoms with Crippen LogP contribution in [0.1, 0.15) is 38.2 Å². The standard InChI is InChI=1S/C15H21ClN2O2/c1-3-4-5-9-17-14(19)10-15(20)18-13-8-6-7-12(16)11(13)2/h6-8H,3-5,9-10H2,1-2H3,(H,17,19)(H,18,20). The molecule has 0 saturated heterocycles. The van der Waals surface area contributed by atoms with Crippen LogP contribution in [-0.4, -0.2) is 18.4 Å². The Morgan fingerprint density at radius 2 is 1.95 bits per heavy atom. The Kier molecular flexibility index (Phi) is 7.09. The van der Waals surface area contributed by atoms with Gasteiger partial charge in [0.05, 0.1) is 0 Å². The van der Waals surface area contributed by atoms with Gasteiger partial charge in [0.15, 0.2) is 0 Å². The second kappa shape index (κ2) is 8.59. The van der Waals surface area contributed by atoms with Crippen molar-refractivity contribution in [1.82, 2.24) is 5.32 Å². The number of carbonyl (C=O) groups is 2. The summed E-state index contributed by atoms with van der Waals surface area (Å²) in [5.74, 6) is -0.582. The molecule has 0 aromatic heterocycles. The van der Waals surface area contributed by atoms with Crippen molar-refractivity contribution in [1.29, 1.82) is 0 Å². The normalized spacial score (nSPS) is 10.2. The summed E-state index contributed by atoms with van der Waals surface area (Å²) in [4.78, 5) is 23.3. The summed E-state index contributed by atoms with van der Waals surface area (Å²) in [5, 5.41) is 6.02. The Morgan fingerprint density at radius 3 is 2.65 bits per heavy atom. The molecule has 0 saturated carbocycles. The predicted octanol–water partition coefficient (Wildman–Crippen LogP) is 3.28. The topological polar surface area (TPSA) is 58.2 Å². The molecule has 0 aliphatic heterocycles. The third-order valence-electron chi connectivity index (χ3n) is 2.97. The number of hydrogen-bond acceptors (Lipinski definition) is 2. The second-order valence-electron chi connectivity index (χ2n) is 4.69. The Labute approximate surface area is 124 Å². The molecule has 0 unspecified atom stereocenters. The number of rotatable bonds is 7. The molecule has 0 aliphatic rings. The monoisotopic (exact) mass is 296 g/mol. The van der Waals surface area contributed by atoms with Crippen molar-refractivity contribution < 1.29 is 9.59 Å². The summed E-state index contributed by atoms with van der Waals surface area (Å²) in [6.45, 7) is 4.54. The summed E-state index contributed by atoms with van der Waals surface area (Å²) in [7, 11) is 0. The average molecular weight is 297 g/mol. The number of carbonyl (C=O) groups excluding carboxylic acids is 2. The number of halogens is 1.